The molecule has 2 aliphatic rings. The maximum atomic E-state index is 5.96. The highest BCUT2D eigenvalue weighted by Crippen LogP contribution is 2.31. The van der Waals surface area contributed by atoms with Gasteiger partial charge in [0.2, 0.25) is 0 Å². The van der Waals surface area contributed by atoms with Gasteiger partial charge in [-0.25, -0.2) is 24.9 Å². The van der Waals surface area contributed by atoms with Crippen LogP contribution in [0, 0.1) is 6.92 Å². The Morgan fingerprint density at radius 2 is 2.11 bits per heavy atom. The first-order valence-electron chi connectivity index (χ1n) is 11.1. The third-order valence-corrected chi connectivity index (χ3v) is 7.94. The topological polar surface area (TPSA) is 143 Å². The van der Waals surface area contributed by atoms with Gasteiger partial charge in [-0.2, -0.15) is 5.10 Å². The molecule has 5 aromatic rings. The Hall–Kier alpha value is -3.78. The molecule has 7 heterocycles. The summed E-state index contributed by atoms with van der Waals surface area (Å²) < 4.78 is 6.34. The van der Waals surface area contributed by atoms with E-state index < -0.39 is 0 Å². The first-order chi connectivity index (χ1) is 17.1. The number of likely N-dealkylation sites (tertiary alicyclic amines) is 1. The van der Waals surface area contributed by atoms with Crippen LogP contribution in [0.2, 0.25) is 0 Å². The number of aromatic nitrogens is 8. The van der Waals surface area contributed by atoms with Crippen molar-refractivity contribution in [2.24, 2.45) is 10.7 Å². The monoisotopic (exact) mass is 577 g/mol. The van der Waals surface area contributed by atoms with Crippen LogP contribution >= 0.6 is 20.7 Å². The molecule has 1 fully saturated rings. The molecular formula is C23H20IN11. The molecule has 0 unspecified atom stereocenters. The molecule has 5 aromatic heterocycles. The summed E-state index contributed by atoms with van der Waals surface area (Å²) in [5.74, 6) is 2.41. The van der Waals surface area contributed by atoms with Crippen LogP contribution in [0.1, 0.15) is 11.3 Å². The quantitative estimate of drug-likeness (QED) is 0.280. The zero-order chi connectivity index (χ0) is 23.5. The smallest absolute Gasteiger partial charge is 0.181 e. The Labute approximate surface area is 209 Å². The molecule has 0 saturated carbocycles. The number of amidine groups is 1. The summed E-state index contributed by atoms with van der Waals surface area (Å²) in [6.07, 6.45) is 7.26. The SMILES string of the molecule is Cc1cn(-c2nccc3[nH]c(-c4[nH]nc5ncc(C6=CI=CC(N7CC(N)C7)=N6)cc45)nc23)cn1. The van der Waals surface area contributed by atoms with Gasteiger partial charge in [0.15, 0.2) is 17.3 Å². The summed E-state index contributed by atoms with van der Waals surface area (Å²) >= 11 is -0.220. The predicted octanol–water partition coefficient (Wildman–Crippen LogP) is 2.52. The second-order valence-electron chi connectivity index (χ2n) is 8.60. The number of aliphatic imine (C=N–C) groups is 1. The zero-order valence-electron chi connectivity index (χ0n) is 18.6. The highest BCUT2D eigenvalue weighted by Gasteiger charge is 2.26. The first kappa shape index (κ1) is 20.6. The second-order valence-corrected chi connectivity index (χ2v) is 10.6. The highest BCUT2D eigenvalue weighted by molar-refractivity contribution is 14.2. The van der Waals surface area contributed by atoms with Crippen LogP contribution < -0.4 is 5.73 Å². The third-order valence-electron chi connectivity index (χ3n) is 6.08. The number of nitrogens with one attached hydrogen (secondary N) is 2. The number of rotatable bonds is 3. The summed E-state index contributed by atoms with van der Waals surface area (Å²) in [6, 6.07) is 4.23. The first-order valence-corrected chi connectivity index (χ1v) is 13.6. The molecule has 12 heteroatoms. The highest BCUT2D eigenvalue weighted by atomic mass is 127. The number of pyridine rings is 2. The van der Waals surface area contributed by atoms with Gasteiger partial charge in [0.05, 0.1) is 22.3 Å². The fraction of sp³-hybridized carbons (Fsp3) is 0.174. The van der Waals surface area contributed by atoms with Gasteiger partial charge in [0.25, 0.3) is 0 Å². The summed E-state index contributed by atoms with van der Waals surface area (Å²) in [6.45, 7) is 3.66. The Morgan fingerprint density at radius 1 is 1.20 bits per heavy atom. The lowest BCUT2D eigenvalue weighted by Crippen LogP contribution is -2.58. The Balaban J connectivity index is 1.29. The lowest BCUT2D eigenvalue weighted by Gasteiger charge is -2.38. The zero-order valence-corrected chi connectivity index (χ0v) is 20.8. The molecule has 0 spiro atoms. The normalized spacial score (nSPS) is 16.3. The summed E-state index contributed by atoms with van der Waals surface area (Å²) in [4.78, 5) is 28.8. The third kappa shape index (κ3) is 3.47. The predicted molar refractivity (Wildman–Crippen MR) is 144 cm³/mol. The van der Waals surface area contributed by atoms with Gasteiger partial charge in [-0.3, -0.25) is 9.67 Å². The minimum Gasteiger partial charge on any atom is -0.353 e. The fourth-order valence-electron chi connectivity index (χ4n) is 4.27. The molecule has 11 nitrogen and oxygen atoms in total. The number of nitrogens with two attached hydrogens (primary N) is 1. The van der Waals surface area contributed by atoms with Gasteiger partial charge in [-0.15, -0.1) is 0 Å². The van der Waals surface area contributed by atoms with Gasteiger partial charge in [-0.1, -0.05) is 20.7 Å². The summed E-state index contributed by atoms with van der Waals surface area (Å²) in [5, 5.41) is 8.40. The van der Waals surface area contributed by atoms with E-state index in [4.69, 9.17) is 15.7 Å². The lowest BCUT2D eigenvalue weighted by atomic mass is 10.1. The second kappa shape index (κ2) is 7.88. The Bertz CT molecular complexity index is 1700. The molecule has 2 aliphatic heterocycles. The Morgan fingerprint density at radius 3 is 2.94 bits per heavy atom. The molecule has 0 bridgehead atoms. The fourth-order valence-corrected chi connectivity index (χ4v) is 6.15. The molecule has 0 atom stereocenters. The van der Waals surface area contributed by atoms with E-state index in [-0.39, 0.29) is 26.8 Å². The number of H-pyrrole nitrogens is 2. The van der Waals surface area contributed by atoms with E-state index in [1.807, 2.05) is 30.0 Å². The van der Waals surface area contributed by atoms with Crippen LogP contribution in [0.25, 0.3) is 45.1 Å². The van der Waals surface area contributed by atoms with E-state index in [9.17, 15) is 0 Å². The van der Waals surface area contributed by atoms with E-state index in [1.165, 1.54) is 0 Å². The molecule has 0 aliphatic carbocycles. The average Bonchev–Trinajstić information content (AvgIpc) is 3.59. The molecule has 0 aromatic carbocycles. The maximum Gasteiger partial charge on any atom is 0.181 e. The van der Waals surface area contributed by atoms with Crippen LogP contribution in [-0.2, 0) is 0 Å². The maximum absolute atomic E-state index is 5.96. The van der Waals surface area contributed by atoms with Crippen molar-refractivity contribution >= 4 is 58.3 Å². The molecule has 0 amide bonds. The van der Waals surface area contributed by atoms with Crippen molar-refractivity contribution in [1.82, 2.24) is 44.6 Å². The Kier molecular flexibility index (Phi) is 4.63. The van der Waals surface area contributed by atoms with Crippen molar-refractivity contribution in [2.75, 3.05) is 13.1 Å². The summed E-state index contributed by atoms with van der Waals surface area (Å²) in [5.41, 5.74) is 11.8. The van der Waals surface area contributed by atoms with Crippen molar-refractivity contribution in [1.29, 1.82) is 0 Å². The number of aromatic amines is 2. The van der Waals surface area contributed by atoms with E-state index >= 15 is 0 Å². The molecular weight excluding hydrogens is 557 g/mol. The van der Waals surface area contributed by atoms with Crippen LogP contribution in [0.4, 0.5) is 0 Å². The largest absolute Gasteiger partial charge is 0.353 e. The molecule has 174 valence electrons. The summed E-state index contributed by atoms with van der Waals surface area (Å²) in [7, 11) is 0. The lowest BCUT2D eigenvalue weighted by molar-refractivity contribution is 0.258. The van der Waals surface area contributed by atoms with Crippen molar-refractivity contribution in [3.63, 3.8) is 0 Å². The molecule has 7 rings (SSSR count). The minimum absolute atomic E-state index is 0.220. The number of halogens is 1. The van der Waals surface area contributed by atoms with Crippen molar-refractivity contribution in [3.05, 3.63) is 52.4 Å². The molecule has 0 radical (unpaired) electrons. The van der Waals surface area contributed by atoms with Crippen molar-refractivity contribution in [3.8, 4) is 17.3 Å². The molecule has 35 heavy (non-hydrogen) atoms. The van der Waals surface area contributed by atoms with Crippen molar-refractivity contribution in [2.45, 2.75) is 13.0 Å². The molecule has 1 saturated heterocycles. The standard InChI is InChI=1S/C23H20IN11/c1-12-8-35(11-28-12)23-20-16(2-3-26-23)30-22(31-20)19-15-4-13(7-27-21(15)33-32-19)17-5-24-6-18(29-17)34-9-14(25)10-34/h2-8,11,14H,9-10,25H2,1H3,(H,30,31)(H,27,32,33). The van der Waals surface area contributed by atoms with Crippen molar-refractivity contribution < 1.29 is 0 Å². The van der Waals surface area contributed by atoms with Gasteiger partial charge in [0.1, 0.15) is 23.4 Å². The van der Waals surface area contributed by atoms with Gasteiger partial charge in [-0.05, 0) is 23.1 Å². The number of hydrogen-bond acceptors (Lipinski definition) is 8. The molecule has 4 N–H and O–H groups in total. The number of imidazole rings is 2. The van der Waals surface area contributed by atoms with Gasteiger partial charge < -0.3 is 15.6 Å². The van der Waals surface area contributed by atoms with Gasteiger partial charge >= 0.3 is 0 Å². The number of fused-ring (bicyclic) bond motifs is 2. The van der Waals surface area contributed by atoms with Crippen LogP contribution in [0.3, 0.4) is 0 Å². The van der Waals surface area contributed by atoms with E-state index in [1.54, 1.807) is 12.5 Å². The van der Waals surface area contributed by atoms with Crippen LogP contribution in [-0.4, -0.2) is 73.6 Å². The number of nitrogens with zero attached hydrogens (tertiary/aromatic N) is 8. The number of hydrogen-bond donors (Lipinski definition) is 3. The number of aryl methyl sites for hydroxylation is 1. The van der Waals surface area contributed by atoms with E-state index in [2.05, 4.69) is 49.2 Å². The van der Waals surface area contributed by atoms with Crippen LogP contribution in [0.5, 0.6) is 0 Å². The average molecular weight is 577 g/mol. The van der Waals surface area contributed by atoms with E-state index in [0.29, 0.717) is 17.3 Å². The minimum atomic E-state index is -0.220. The van der Waals surface area contributed by atoms with E-state index in [0.717, 1.165) is 58.0 Å². The van der Waals surface area contributed by atoms with Gasteiger partial charge in [0, 0.05) is 47.3 Å². The van der Waals surface area contributed by atoms with Crippen LogP contribution in [0.15, 0.2) is 46.1 Å².